The highest BCUT2D eigenvalue weighted by molar-refractivity contribution is 6.46. The Morgan fingerprint density at radius 1 is 1.19 bits per heavy atom. The van der Waals surface area contributed by atoms with Gasteiger partial charge >= 0.3 is 0 Å². The first kappa shape index (κ1) is 22.6. The van der Waals surface area contributed by atoms with E-state index in [2.05, 4.69) is 18.7 Å². The normalized spacial score (nSPS) is 18.2. The van der Waals surface area contributed by atoms with Gasteiger partial charge < -0.3 is 24.1 Å². The molecule has 0 saturated carbocycles. The predicted molar refractivity (Wildman–Crippen MR) is 118 cm³/mol. The van der Waals surface area contributed by atoms with Gasteiger partial charge in [-0.3, -0.25) is 9.59 Å². The van der Waals surface area contributed by atoms with Crippen LogP contribution in [-0.4, -0.2) is 59.9 Å². The first-order valence-corrected chi connectivity index (χ1v) is 10.6. The summed E-state index contributed by atoms with van der Waals surface area (Å²) in [7, 11) is 1.53. The van der Waals surface area contributed by atoms with E-state index >= 15 is 0 Å². The molecule has 3 rings (SSSR count). The molecule has 1 saturated heterocycles. The van der Waals surface area contributed by atoms with E-state index in [4.69, 9.17) is 9.15 Å². The molecule has 31 heavy (non-hydrogen) atoms. The van der Waals surface area contributed by atoms with Gasteiger partial charge in [-0.05, 0) is 57.2 Å². The maximum Gasteiger partial charge on any atom is 0.295 e. The number of carbonyl (C=O) groups excluding carboxylic acids is 2. The van der Waals surface area contributed by atoms with Crippen LogP contribution in [0.25, 0.3) is 5.76 Å². The van der Waals surface area contributed by atoms with E-state index in [9.17, 15) is 14.7 Å². The van der Waals surface area contributed by atoms with Gasteiger partial charge in [0.2, 0.25) is 0 Å². The number of aryl methyl sites for hydroxylation is 1. The minimum Gasteiger partial charge on any atom is -0.507 e. The number of rotatable bonds is 9. The van der Waals surface area contributed by atoms with Gasteiger partial charge in [-0.1, -0.05) is 26.0 Å². The maximum atomic E-state index is 13.0. The topological polar surface area (TPSA) is 83.2 Å². The summed E-state index contributed by atoms with van der Waals surface area (Å²) in [6, 6.07) is 9.55. The molecule has 7 nitrogen and oxygen atoms in total. The number of nitrogens with zero attached hydrogens (tertiary/aromatic N) is 2. The molecule has 1 amide bonds. The van der Waals surface area contributed by atoms with Crippen LogP contribution in [0.2, 0.25) is 0 Å². The molecule has 1 aromatic heterocycles. The van der Waals surface area contributed by atoms with Gasteiger partial charge in [0.15, 0.2) is 0 Å². The Morgan fingerprint density at radius 2 is 1.94 bits per heavy atom. The first-order valence-electron chi connectivity index (χ1n) is 10.6. The van der Waals surface area contributed by atoms with Crippen LogP contribution in [0.4, 0.5) is 0 Å². The molecule has 1 atom stereocenters. The van der Waals surface area contributed by atoms with Gasteiger partial charge in [-0.25, -0.2) is 0 Å². The van der Waals surface area contributed by atoms with Crippen molar-refractivity contribution in [3.8, 4) is 5.75 Å². The first-order chi connectivity index (χ1) is 14.9. The van der Waals surface area contributed by atoms with E-state index in [-0.39, 0.29) is 11.3 Å². The van der Waals surface area contributed by atoms with Crippen molar-refractivity contribution in [2.24, 2.45) is 0 Å². The quantitative estimate of drug-likeness (QED) is 0.374. The maximum absolute atomic E-state index is 13.0. The number of likely N-dealkylation sites (tertiary alicyclic amines) is 1. The molecule has 0 aliphatic carbocycles. The van der Waals surface area contributed by atoms with Crippen molar-refractivity contribution in [1.29, 1.82) is 0 Å². The second kappa shape index (κ2) is 9.83. The lowest BCUT2D eigenvalue weighted by Gasteiger charge is -2.25. The van der Waals surface area contributed by atoms with Crippen LogP contribution in [0, 0.1) is 6.92 Å². The number of ketones is 1. The standard InChI is InChI=1S/C24H30N2O5/c1-5-25(6-2)13-8-14-26-21(19-12-11-16(3)31-19)20(23(28)24(26)29)22(27)17-9-7-10-18(15-17)30-4/h7,9-12,15,21,27H,5-6,8,13-14H2,1-4H3/t21-/m1/s1. The second-order valence-electron chi connectivity index (χ2n) is 7.55. The molecule has 1 aromatic carbocycles. The summed E-state index contributed by atoms with van der Waals surface area (Å²) in [5.41, 5.74) is 0.448. The summed E-state index contributed by atoms with van der Waals surface area (Å²) in [6.07, 6.45) is 0.712. The summed E-state index contributed by atoms with van der Waals surface area (Å²) >= 11 is 0. The zero-order valence-electron chi connectivity index (χ0n) is 18.6. The number of ether oxygens (including phenoxy) is 1. The number of aliphatic hydroxyl groups is 1. The van der Waals surface area contributed by atoms with Crippen molar-refractivity contribution >= 4 is 17.4 Å². The van der Waals surface area contributed by atoms with E-state index in [1.165, 1.54) is 12.0 Å². The van der Waals surface area contributed by atoms with Gasteiger partial charge in [0.05, 0.1) is 12.7 Å². The lowest BCUT2D eigenvalue weighted by Crippen LogP contribution is -2.33. The van der Waals surface area contributed by atoms with Gasteiger partial charge in [-0.15, -0.1) is 0 Å². The Balaban J connectivity index is 2.01. The van der Waals surface area contributed by atoms with Crippen LogP contribution >= 0.6 is 0 Å². The third-order valence-corrected chi connectivity index (χ3v) is 5.68. The van der Waals surface area contributed by atoms with E-state index in [1.54, 1.807) is 43.3 Å². The van der Waals surface area contributed by atoms with E-state index in [0.29, 0.717) is 35.8 Å². The van der Waals surface area contributed by atoms with Crippen LogP contribution in [0.5, 0.6) is 5.75 Å². The van der Waals surface area contributed by atoms with Crippen molar-refractivity contribution in [2.45, 2.75) is 33.2 Å². The number of hydrogen-bond donors (Lipinski definition) is 1. The van der Waals surface area contributed by atoms with Gasteiger partial charge in [-0.2, -0.15) is 0 Å². The molecule has 7 heteroatoms. The summed E-state index contributed by atoms with van der Waals surface area (Å²) in [5.74, 6) is 0.116. The highest BCUT2D eigenvalue weighted by Crippen LogP contribution is 2.40. The molecule has 2 aromatic rings. The number of amides is 1. The number of aliphatic hydroxyl groups excluding tert-OH is 1. The van der Waals surface area contributed by atoms with Crippen molar-refractivity contribution in [3.63, 3.8) is 0 Å². The number of carbonyl (C=O) groups is 2. The second-order valence-corrected chi connectivity index (χ2v) is 7.55. The number of methoxy groups -OCH3 is 1. The highest BCUT2D eigenvalue weighted by atomic mass is 16.5. The lowest BCUT2D eigenvalue weighted by atomic mass is 9.99. The minimum atomic E-state index is -0.767. The number of hydrogen-bond acceptors (Lipinski definition) is 6. The fourth-order valence-electron chi connectivity index (χ4n) is 3.94. The summed E-state index contributed by atoms with van der Waals surface area (Å²) < 4.78 is 11.0. The highest BCUT2D eigenvalue weighted by Gasteiger charge is 2.47. The molecule has 1 N–H and O–H groups in total. The Bertz CT molecular complexity index is 974. The van der Waals surface area contributed by atoms with Crippen molar-refractivity contribution in [1.82, 2.24) is 9.80 Å². The Hall–Kier alpha value is -3.06. The van der Waals surface area contributed by atoms with Crippen molar-refractivity contribution < 1.29 is 23.8 Å². The SMILES string of the molecule is CCN(CC)CCCN1C(=O)C(=O)C(=C(O)c2cccc(OC)c2)[C@H]1c1ccc(C)o1. The van der Waals surface area contributed by atoms with Crippen LogP contribution in [0.15, 0.2) is 46.4 Å². The monoisotopic (exact) mass is 426 g/mol. The molecular formula is C24H30N2O5. The molecule has 2 heterocycles. The van der Waals surface area contributed by atoms with Crippen LogP contribution < -0.4 is 4.74 Å². The van der Waals surface area contributed by atoms with E-state index < -0.39 is 17.7 Å². The van der Waals surface area contributed by atoms with Crippen molar-refractivity contribution in [3.05, 3.63) is 59.1 Å². The molecule has 0 radical (unpaired) electrons. The molecule has 0 bridgehead atoms. The molecule has 166 valence electrons. The average molecular weight is 427 g/mol. The third-order valence-electron chi connectivity index (χ3n) is 5.68. The zero-order chi connectivity index (χ0) is 22.5. The average Bonchev–Trinajstić information content (AvgIpc) is 3.32. The molecule has 0 unspecified atom stereocenters. The molecule has 1 aliphatic rings. The number of Topliss-reactive ketones (excluding diaryl/α,β-unsaturated/α-hetero) is 1. The Morgan fingerprint density at radius 3 is 2.55 bits per heavy atom. The number of benzene rings is 1. The predicted octanol–water partition coefficient (Wildman–Crippen LogP) is 3.75. The van der Waals surface area contributed by atoms with Gasteiger partial charge in [0, 0.05) is 12.1 Å². The summed E-state index contributed by atoms with van der Waals surface area (Å²) in [6.45, 7) is 9.04. The molecule has 0 spiro atoms. The third kappa shape index (κ3) is 4.66. The van der Waals surface area contributed by atoms with Crippen molar-refractivity contribution in [2.75, 3.05) is 33.3 Å². The van der Waals surface area contributed by atoms with Crippen LogP contribution in [0.3, 0.4) is 0 Å². The summed E-state index contributed by atoms with van der Waals surface area (Å²) in [5, 5.41) is 11.0. The fourth-order valence-corrected chi connectivity index (χ4v) is 3.94. The van der Waals surface area contributed by atoms with E-state index in [0.717, 1.165) is 19.6 Å². The van der Waals surface area contributed by atoms with Crippen LogP contribution in [0.1, 0.15) is 43.4 Å². The Labute approximate surface area is 182 Å². The minimum absolute atomic E-state index is 0.0374. The molecule has 1 fully saturated rings. The van der Waals surface area contributed by atoms with Gasteiger partial charge in [0.1, 0.15) is 29.1 Å². The lowest BCUT2D eigenvalue weighted by molar-refractivity contribution is -0.140. The zero-order valence-corrected chi connectivity index (χ0v) is 18.6. The Kier molecular flexibility index (Phi) is 7.17. The van der Waals surface area contributed by atoms with Crippen LogP contribution in [-0.2, 0) is 9.59 Å². The summed E-state index contributed by atoms with van der Waals surface area (Å²) in [4.78, 5) is 29.7. The fraction of sp³-hybridized carbons (Fsp3) is 0.417. The van der Waals surface area contributed by atoms with E-state index in [1.807, 2.05) is 0 Å². The largest absolute Gasteiger partial charge is 0.507 e. The smallest absolute Gasteiger partial charge is 0.295 e. The molecular weight excluding hydrogens is 396 g/mol. The molecule has 1 aliphatic heterocycles. The van der Waals surface area contributed by atoms with Gasteiger partial charge in [0.25, 0.3) is 11.7 Å². The number of furan rings is 1.